The summed E-state index contributed by atoms with van der Waals surface area (Å²) >= 11 is 0. The van der Waals surface area contributed by atoms with E-state index in [0.29, 0.717) is 23.8 Å². The number of fused-ring (bicyclic) bond motifs is 2. The first-order valence-electron chi connectivity index (χ1n) is 14.1. The molecule has 2 N–H and O–H groups in total. The molecule has 2 aromatic rings. The van der Waals surface area contributed by atoms with Crippen LogP contribution in [-0.4, -0.2) is 43.1 Å². The molecule has 2 saturated heterocycles. The molecule has 1 amide bonds. The van der Waals surface area contributed by atoms with Crippen molar-refractivity contribution in [3.05, 3.63) is 65.2 Å². The van der Waals surface area contributed by atoms with Crippen molar-refractivity contribution < 1.29 is 27.3 Å². The molecule has 6 rings (SSSR count). The van der Waals surface area contributed by atoms with Crippen LogP contribution in [0, 0.1) is 18.8 Å². The van der Waals surface area contributed by atoms with E-state index >= 15 is 0 Å². The van der Waals surface area contributed by atoms with Crippen LogP contribution < -0.4 is 22.5 Å². The highest BCUT2D eigenvalue weighted by atomic mass is 35.5. The van der Waals surface area contributed by atoms with E-state index < -0.39 is 0 Å². The Hall–Kier alpha value is -2.04. The maximum atomic E-state index is 14.5. The third-order valence-electron chi connectivity index (χ3n) is 9.81. The van der Waals surface area contributed by atoms with Crippen molar-refractivity contribution in [2.24, 2.45) is 11.8 Å². The molecule has 0 aromatic heterocycles. The second kappa shape index (κ2) is 10.8. The van der Waals surface area contributed by atoms with Crippen molar-refractivity contribution in [3.63, 3.8) is 0 Å². The number of ether oxygens (including phenoxy) is 1. The first kappa shape index (κ1) is 25.6. The molecule has 194 valence electrons. The molecule has 4 atom stereocenters. The molecule has 1 unspecified atom stereocenters. The Morgan fingerprint density at radius 2 is 1.83 bits per heavy atom. The summed E-state index contributed by atoms with van der Waals surface area (Å²) in [5.41, 5.74) is 3.84. The first-order valence-corrected chi connectivity index (χ1v) is 14.1. The van der Waals surface area contributed by atoms with E-state index in [1.807, 2.05) is 0 Å². The molecule has 2 aromatic carbocycles. The van der Waals surface area contributed by atoms with Gasteiger partial charge in [0.1, 0.15) is 11.7 Å². The van der Waals surface area contributed by atoms with E-state index in [2.05, 4.69) is 65.7 Å². The molecule has 0 bridgehead atoms. The Morgan fingerprint density at radius 3 is 2.64 bits per heavy atom. The number of aryl methyl sites for hydroxylation is 1. The van der Waals surface area contributed by atoms with Gasteiger partial charge in [-0.2, -0.15) is 0 Å². The van der Waals surface area contributed by atoms with Gasteiger partial charge in [-0.3, -0.25) is 4.79 Å². The van der Waals surface area contributed by atoms with Crippen molar-refractivity contribution in [3.8, 4) is 5.75 Å². The summed E-state index contributed by atoms with van der Waals surface area (Å²) in [6.07, 6.45) is 9.74. The molecule has 0 radical (unpaired) electrons. The molecule has 4 nitrogen and oxygen atoms in total. The molecule has 5 heteroatoms. The fourth-order valence-corrected chi connectivity index (χ4v) is 7.96. The van der Waals surface area contributed by atoms with Crippen LogP contribution in [0.1, 0.15) is 74.0 Å². The number of amides is 1. The maximum Gasteiger partial charge on any atom is 0.232 e. The Morgan fingerprint density at radius 1 is 1.03 bits per heavy atom. The predicted octanol–water partition coefficient (Wildman–Crippen LogP) is 1.57. The lowest BCUT2D eigenvalue weighted by molar-refractivity contribution is -0.640. The largest absolute Gasteiger partial charge is 1.00 e. The third kappa shape index (κ3) is 4.45. The van der Waals surface area contributed by atoms with Crippen molar-refractivity contribution in [1.82, 2.24) is 4.90 Å². The standard InChI is InChI=1S/C31H40N2O2.ClH/c1-22-9-8-14-26-29(22)35-18-16-31(26)21-32-20-27(31)30(34)33-17-15-25(23-10-4-2-5-11-23)19-28(33)24-12-6-3-7-13-24;/h2,4-5,8-11,14,24-25,27-28,32H,3,6-7,12-13,15-21H2,1H3;1H/t25-,27?,28+,31+;/m1./s1. The third-order valence-corrected chi connectivity index (χ3v) is 9.81. The van der Waals surface area contributed by atoms with Crippen LogP contribution >= 0.6 is 0 Å². The van der Waals surface area contributed by atoms with Crippen molar-refractivity contribution >= 4 is 5.91 Å². The number of benzene rings is 2. The van der Waals surface area contributed by atoms with E-state index in [4.69, 9.17) is 4.74 Å². The smallest absolute Gasteiger partial charge is 0.232 e. The van der Waals surface area contributed by atoms with Gasteiger partial charge in [-0.1, -0.05) is 67.8 Å². The van der Waals surface area contributed by atoms with Crippen LogP contribution in [0.25, 0.3) is 0 Å². The number of hydrogen-bond donors (Lipinski definition) is 1. The number of piperidine rings is 1. The lowest BCUT2D eigenvalue weighted by Crippen LogP contribution is -3.00. The van der Waals surface area contributed by atoms with Gasteiger partial charge >= 0.3 is 0 Å². The van der Waals surface area contributed by atoms with Gasteiger partial charge < -0.3 is 27.4 Å². The Kier molecular flexibility index (Phi) is 7.65. The monoisotopic (exact) mass is 508 g/mol. The van der Waals surface area contributed by atoms with E-state index in [1.54, 1.807) is 0 Å². The number of carbonyl (C=O) groups excluding carboxylic acids is 1. The summed E-state index contributed by atoms with van der Waals surface area (Å²) in [5.74, 6) is 2.74. The number of para-hydroxylation sites is 1. The molecular formula is C31H41ClN2O2. The van der Waals surface area contributed by atoms with Crippen LogP contribution in [0.15, 0.2) is 48.5 Å². The highest BCUT2D eigenvalue weighted by molar-refractivity contribution is 5.82. The highest BCUT2D eigenvalue weighted by Gasteiger charge is 2.56. The zero-order valence-electron chi connectivity index (χ0n) is 21.6. The van der Waals surface area contributed by atoms with E-state index in [-0.39, 0.29) is 23.7 Å². The minimum atomic E-state index is -0.0932. The Balaban J connectivity index is 0.00000267. The summed E-state index contributed by atoms with van der Waals surface area (Å²) in [6, 6.07) is 18.0. The fraction of sp³-hybridized carbons (Fsp3) is 0.581. The topological polar surface area (TPSA) is 46.1 Å². The molecule has 4 aliphatic rings. The number of hydrogen-bond acceptors (Lipinski definition) is 2. The van der Waals surface area contributed by atoms with Crippen LogP contribution in [0.4, 0.5) is 0 Å². The number of halogens is 1. The maximum absolute atomic E-state index is 14.5. The number of rotatable bonds is 3. The number of carbonyl (C=O) groups is 1. The van der Waals surface area contributed by atoms with E-state index in [1.165, 1.54) is 48.8 Å². The molecule has 3 heterocycles. The lowest BCUT2D eigenvalue weighted by atomic mass is 9.67. The molecule has 1 spiro atoms. The molecule has 36 heavy (non-hydrogen) atoms. The van der Waals surface area contributed by atoms with E-state index in [9.17, 15) is 4.79 Å². The predicted molar refractivity (Wildman–Crippen MR) is 139 cm³/mol. The van der Waals surface area contributed by atoms with Gasteiger partial charge in [0.05, 0.1) is 25.1 Å². The highest BCUT2D eigenvalue weighted by Crippen LogP contribution is 2.47. The lowest BCUT2D eigenvalue weighted by Gasteiger charge is -2.47. The molecule has 1 aliphatic carbocycles. The minimum Gasteiger partial charge on any atom is -1.00 e. The summed E-state index contributed by atoms with van der Waals surface area (Å²) in [5, 5.41) is 2.40. The SMILES string of the molecule is Cc1cccc2c1OCC[C@]21C[NH2+]CC1C(=O)N1CC[C@@H](c2ccccc2)C[C@H]1C1CCCCC1.[Cl-]. The second-order valence-corrected chi connectivity index (χ2v) is 11.6. The van der Waals surface area contributed by atoms with Crippen molar-refractivity contribution in [2.75, 3.05) is 26.2 Å². The van der Waals surface area contributed by atoms with Crippen molar-refractivity contribution in [1.29, 1.82) is 0 Å². The molecule has 1 saturated carbocycles. The van der Waals surface area contributed by atoms with Gasteiger partial charge in [0.2, 0.25) is 5.91 Å². The van der Waals surface area contributed by atoms with Gasteiger partial charge in [0, 0.05) is 18.2 Å². The van der Waals surface area contributed by atoms with Gasteiger partial charge in [0.15, 0.2) is 0 Å². The summed E-state index contributed by atoms with van der Waals surface area (Å²) in [7, 11) is 0. The number of likely N-dealkylation sites (tertiary alicyclic amines) is 1. The second-order valence-electron chi connectivity index (χ2n) is 11.6. The summed E-state index contributed by atoms with van der Waals surface area (Å²) in [6.45, 7) is 5.67. The van der Waals surface area contributed by atoms with Crippen molar-refractivity contribution in [2.45, 2.75) is 75.7 Å². The average molecular weight is 509 g/mol. The number of quaternary nitrogens is 1. The normalized spacial score (nSPS) is 30.4. The first-order chi connectivity index (χ1) is 17.2. The van der Waals surface area contributed by atoms with Crippen LogP contribution in [-0.2, 0) is 10.2 Å². The number of nitrogens with zero attached hydrogens (tertiary/aromatic N) is 1. The zero-order chi connectivity index (χ0) is 23.8. The summed E-state index contributed by atoms with van der Waals surface area (Å²) in [4.78, 5) is 16.9. The van der Waals surface area contributed by atoms with Gasteiger partial charge in [-0.25, -0.2) is 0 Å². The van der Waals surface area contributed by atoms with Gasteiger partial charge in [0.25, 0.3) is 0 Å². The Labute approximate surface area is 222 Å². The molecule has 3 fully saturated rings. The Bertz CT molecular complexity index is 1050. The van der Waals surface area contributed by atoms with Crippen LogP contribution in [0.3, 0.4) is 0 Å². The molecular weight excluding hydrogens is 468 g/mol. The number of nitrogens with two attached hydrogens (primary N) is 1. The average Bonchev–Trinajstić information content (AvgIpc) is 3.33. The zero-order valence-corrected chi connectivity index (χ0v) is 22.4. The van der Waals surface area contributed by atoms with Crippen LogP contribution in [0.5, 0.6) is 5.75 Å². The fourth-order valence-electron chi connectivity index (χ4n) is 7.96. The van der Waals surface area contributed by atoms with E-state index in [0.717, 1.165) is 51.3 Å². The molecule has 3 aliphatic heterocycles. The minimum absolute atomic E-state index is 0. The van der Waals surface area contributed by atoms with Gasteiger partial charge in [-0.15, -0.1) is 0 Å². The van der Waals surface area contributed by atoms with Gasteiger partial charge in [-0.05, 0) is 62.0 Å². The van der Waals surface area contributed by atoms with Crippen LogP contribution in [0.2, 0.25) is 0 Å². The quantitative estimate of drug-likeness (QED) is 0.684. The summed E-state index contributed by atoms with van der Waals surface area (Å²) < 4.78 is 6.16.